The molecule has 2 atom stereocenters. The summed E-state index contributed by atoms with van der Waals surface area (Å²) in [5.74, 6) is 0. The third kappa shape index (κ3) is 3.84. The van der Waals surface area contributed by atoms with Crippen LogP contribution >= 0.6 is 0 Å². The molecule has 0 aliphatic carbocycles. The van der Waals surface area contributed by atoms with Crippen LogP contribution in [0.3, 0.4) is 0 Å². The van der Waals surface area contributed by atoms with E-state index in [1.54, 1.807) is 6.92 Å². The molecule has 0 heterocycles. The molecule has 0 aromatic carbocycles. The second kappa shape index (κ2) is 3.64. The molecule has 47 valence electrons. The lowest BCUT2D eigenvalue weighted by Crippen LogP contribution is -2.12. The Morgan fingerprint density at radius 1 is 1.50 bits per heavy atom. The van der Waals surface area contributed by atoms with Crippen molar-refractivity contribution in [1.82, 2.24) is 0 Å². The highest BCUT2D eigenvalue weighted by molar-refractivity contribution is 4.92. The number of aliphatic hydroxyl groups is 2. The monoisotopic (exact) mass is 115 g/mol. The van der Waals surface area contributed by atoms with Gasteiger partial charge in [-0.05, 0) is 6.92 Å². The minimum absolute atomic E-state index is 0.567. The molecule has 0 aromatic rings. The number of aliphatic hydroxyl groups excluding tert-OH is 2. The summed E-state index contributed by atoms with van der Waals surface area (Å²) < 4.78 is 0. The second-order valence-electron chi connectivity index (χ2n) is 1.66. The highest BCUT2D eigenvalue weighted by Gasteiger charge is 2.01. The maximum absolute atomic E-state index is 8.69. The van der Waals surface area contributed by atoms with Crippen LogP contribution < -0.4 is 0 Å². The largest absolute Gasteiger partial charge is 0.393 e. The van der Waals surface area contributed by atoms with Crippen molar-refractivity contribution in [3.8, 4) is 0 Å². The first-order valence-electron chi connectivity index (χ1n) is 2.50. The van der Waals surface area contributed by atoms with E-state index < -0.39 is 12.2 Å². The van der Waals surface area contributed by atoms with E-state index in [-0.39, 0.29) is 0 Å². The second-order valence-corrected chi connectivity index (χ2v) is 1.66. The van der Waals surface area contributed by atoms with Crippen molar-refractivity contribution >= 4 is 0 Å². The third-order valence-corrected chi connectivity index (χ3v) is 0.717. The summed E-state index contributed by atoms with van der Waals surface area (Å²) in [5, 5.41) is 17.3. The van der Waals surface area contributed by atoms with Crippen molar-refractivity contribution in [2.24, 2.45) is 0 Å². The third-order valence-electron chi connectivity index (χ3n) is 0.717. The van der Waals surface area contributed by atoms with Gasteiger partial charge in [0.2, 0.25) is 0 Å². The zero-order chi connectivity index (χ0) is 6.57. The van der Waals surface area contributed by atoms with E-state index in [2.05, 4.69) is 6.58 Å². The van der Waals surface area contributed by atoms with Gasteiger partial charge in [0, 0.05) is 6.42 Å². The molecule has 0 aliphatic rings. The molecule has 0 fully saturated rings. The Kier molecular flexibility index (Phi) is 3.48. The van der Waals surface area contributed by atoms with Gasteiger partial charge in [-0.25, -0.2) is 0 Å². The van der Waals surface area contributed by atoms with Gasteiger partial charge in [-0.1, -0.05) is 6.08 Å². The quantitative estimate of drug-likeness (QED) is 0.513. The number of hydrogen-bond acceptors (Lipinski definition) is 2. The van der Waals surface area contributed by atoms with Crippen LogP contribution in [-0.4, -0.2) is 22.4 Å². The molecule has 2 heteroatoms. The lowest BCUT2D eigenvalue weighted by atomic mass is 10.2. The summed E-state index contributed by atoms with van der Waals surface area (Å²) in [5.41, 5.74) is 0. The van der Waals surface area contributed by atoms with Gasteiger partial charge in [-0.15, -0.1) is 6.58 Å². The molecule has 0 saturated heterocycles. The van der Waals surface area contributed by atoms with Gasteiger partial charge in [-0.2, -0.15) is 0 Å². The predicted octanol–water partition coefficient (Wildman–Crippen LogP) is 0.118. The molecule has 2 unspecified atom stereocenters. The molecule has 0 bridgehead atoms. The van der Waals surface area contributed by atoms with Gasteiger partial charge < -0.3 is 10.2 Å². The maximum Gasteiger partial charge on any atom is 0.0775 e. The highest BCUT2D eigenvalue weighted by Crippen LogP contribution is 1.94. The summed E-state index contributed by atoms with van der Waals surface area (Å²) in [7, 11) is 0. The topological polar surface area (TPSA) is 40.5 Å². The Morgan fingerprint density at radius 2 is 2.00 bits per heavy atom. The molecular weight excluding hydrogens is 104 g/mol. The van der Waals surface area contributed by atoms with Crippen molar-refractivity contribution in [2.75, 3.05) is 0 Å². The normalized spacial score (nSPS) is 17.4. The Bertz CT molecular complexity index is 68.9. The highest BCUT2D eigenvalue weighted by atomic mass is 16.3. The predicted molar refractivity (Wildman–Crippen MR) is 32.2 cm³/mol. The van der Waals surface area contributed by atoms with Crippen LogP contribution in [0.1, 0.15) is 6.92 Å². The van der Waals surface area contributed by atoms with Crippen LogP contribution in [0.15, 0.2) is 12.7 Å². The van der Waals surface area contributed by atoms with Crippen molar-refractivity contribution in [3.05, 3.63) is 19.1 Å². The van der Waals surface area contributed by atoms with Crippen LogP contribution in [0.25, 0.3) is 0 Å². The van der Waals surface area contributed by atoms with E-state index in [0.29, 0.717) is 0 Å². The first-order chi connectivity index (χ1) is 3.66. The average molecular weight is 115 g/mol. The van der Waals surface area contributed by atoms with Gasteiger partial charge in [0.1, 0.15) is 0 Å². The van der Waals surface area contributed by atoms with E-state index in [1.807, 2.05) is 0 Å². The number of rotatable bonds is 3. The summed E-state index contributed by atoms with van der Waals surface area (Å²) in [6, 6.07) is 0. The van der Waals surface area contributed by atoms with Crippen LogP contribution in [0.2, 0.25) is 0 Å². The Balaban J connectivity index is 3.23. The zero-order valence-electron chi connectivity index (χ0n) is 4.91. The van der Waals surface area contributed by atoms with Crippen molar-refractivity contribution in [3.63, 3.8) is 0 Å². The summed E-state index contributed by atoms with van der Waals surface area (Å²) in [4.78, 5) is 0. The minimum atomic E-state index is -0.685. The van der Waals surface area contributed by atoms with Crippen molar-refractivity contribution in [2.45, 2.75) is 19.1 Å². The van der Waals surface area contributed by atoms with E-state index in [9.17, 15) is 0 Å². The molecule has 1 radical (unpaired) electrons. The van der Waals surface area contributed by atoms with E-state index in [0.717, 1.165) is 0 Å². The van der Waals surface area contributed by atoms with Gasteiger partial charge in [0.15, 0.2) is 0 Å². The standard InChI is InChI=1S/C6H11O2/c1-3-6(8)4-5(2)7/h3-8H,1H2,2H3. The molecule has 0 amide bonds. The molecule has 8 heavy (non-hydrogen) atoms. The summed E-state index contributed by atoms with van der Waals surface area (Å²) in [6.45, 7) is 4.90. The fraction of sp³-hybridized carbons (Fsp3) is 0.500. The Morgan fingerprint density at radius 3 is 2.12 bits per heavy atom. The van der Waals surface area contributed by atoms with Crippen molar-refractivity contribution in [1.29, 1.82) is 0 Å². The van der Waals surface area contributed by atoms with E-state index in [1.165, 1.54) is 12.5 Å². The van der Waals surface area contributed by atoms with Crippen LogP contribution in [0, 0.1) is 6.42 Å². The van der Waals surface area contributed by atoms with Crippen molar-refractivity contribution < 1.29 is 10.2 Å². The van der Waals surface area contributed by atoms with E-state index >= 15 is 0 Å². The minimum Gasteiger partial charge on any atom is -0.393 e. The molecule has 0 spiro atoms. The molecule has 2 N–H and O–H groups in total. The molecule has 0 rings (SSSR count). The molecule has 0 aliphatic heterocycles. The first kappa shape index (κ1) is 7.66. The average Bonchev–Trinajstić information content (AvgIpc) is 1.65. The first-order valence-corrected chi connectivity index (χ1v) is 2.50. The Labute approximate surface area is 49.5 Å². The zero-order valence-corrected chi connectivity index (χ0v) is 4.91. The van der Waals surface area contributed by atoms with Gasteiger partial charge in [0.05, 0.1) is 12.2 Å². The van der Waals surface area contributed by atoms with Crippen LogP contribution in [0.4, 0.5) is 0 Å². The fourth-order valence-corrected chi connectivity index (χ4v) is 0.364. The summed E-state index contributed by atoms with van der Waals surface area (Å²) >= 11 is 0. The lowest BCUT2D eigenvalue weighted by molar-refractivity contribution is 0.172. The lowest BCUT2D eigenvalue weighted by Gasteiger charge is -2.04. The SMILES string of the molecule is C=CC(O)[CH]C(C)O. The summed E-state index contributed by atoms with van der Waals surface area (Å²) in [6.07, 6.45) is 1.48. The van der Waals surface area contributed by atoms with Gasteiger partial charge >= 0.3 is 0 Å². The van der Waals surface area contributed by atoms with Gasteiger partial charge in [-0.3, -0.25) is 0 Å². The fourth-order valence-electron chi connectivity index (χ4n) is 0.364. The molecule has 0 aromatic heterocycles. The van der Waals surface area contributed by atoms with Crippen LogP contribution in [0.5, 0.6) is 0 Å². The maximum atomic E-state index is 8.69. The molecule has 2 nitrogen and oxygen atoms in total. The molecular formula is C6H11O2. The van der Waals surface area contributed by atoms with E-state index in [4.69, 9.17) is 10.2 Å². The van der Waals surface area contributed by atoms with Gasteiger partial charge in [0.25, 0.3) is 0 Å². The molecule has 0 saturated carbocycles. The van der Waals surface area contributed by atoms with Crippen LogP contribution in [-0.2, 0) is 0 Å². The smallest absolute Gasteiger partial charge is 0.0775 e. The Hall–Kier alpha value is -0.340. The number of hydrogen-bond donors (Lipinski definition) is 2.